The summed E-state index contributed by atoms with van der Waals surface area (Å²) >= 11 is 0. The molecule has 5 aromatic rings. The lowest BCUT2D eigenvalue weighted by Crippen LogP contribution is -2.59. The summed E-state index contributed by atoms with van der Waals surface area (Å²) in [5.41, 5.74) is 1.34. The molecule has 9 N–H and O–H groups in total. The number of likely N-dealkylation sites (tertiary alicyclic amines) is 2. The largest absolute Gasteiger partial charge is 0.508 e. The molecule has 83 heavy (non-hydrogen) atoms. The summed E-state index contributed by atoms with van der Waals surface area (Å²) in [5.74, 6) is -4.73. The van der Waals surface area contributed by atoms with E-state index >= 15 is 0 Å². The van der Waals surface area contributed by atoms with E-state index in [-0.39, 0.29) is 37.1 Å². The van der Waals surface area contributed by atoms with Gasteiger partial charge in [0.05, 0.1) is 24.2 Å². The minimum absolute atomic E-state index is 0.0269. The van der Waals surface area contributed by atoms with Crippen molar-refractivity contribution < 1.29 is 43.5 Å². The maximum atomic E-state index is 14.9. The van der Waals surface area contributed by atoms with Crippen LogP contribution in [0.15, 0.2) is 140 Å². The molecular formula is C64H80N10O9. The zero-order chi connectivity index (χ0) is 60.3. The van der Waals surface area contributed by atoms with E-state index in [1.807, 2.05) is 163 Å². The van der Waals surface area contributed by atoms with Gasteiger partial charge in [-0.2, -0.15) is 0 Å². The second kappa shape index (κ2) is 27.1. The Labute approximate surface area is 486 Å². The van der Waals surface area contributed by atoms with Crippen LogP contribution in [-0.4, -0.2) is 138 Å². The van der Waals surface area contributed by atoms with E-state index in [1.165, 1.54) is 28.0 Å². The number of aromatic hydroxyl groups is 1. The Morgan fingerprint density at radius 2 is 0.771 bits per heavy atom. The number of nitrogens with one attached hydrogen (secondary N) is 8. The number of carbonyl (C=O) groups is 8. The number of rotatable bonds is 20. The van der Waals surface area contributed by atoms with Crippen LogP contribution in [0, 0.1) is 10.8 Å². The van der Waals surface area contributed by atoms with Crippen LogP contribution in [0.4, 0.5) is 0 Å². The highest BCUT2D eigenvalue weighted by molar-refractivity contribution is 6.01. The molecule has 7 rings (SSSR count). The highest BCUT2D eigenvalue weighted by atomic mass is 16.3. The summed E-state index contributed by atoms with van der Waals surface area (Å²) in [5, 5.41) is 34.9. The van der Waals surface area contributed by atoms with Gasteiger partial charge in [-0.15, -0.1) is 0 Å². The van der Waals surface area contributed by atoms with Gasteiger partial charge in [0.25, 0.3) is 11.8 Å². The summed E-state index contributed by atoms with van der Waals surface area (Å²) in [4.78, 5) is 118. The van der Waals surface area contributed by atoms with Crippen LogP contribution >= 0.6 is 0 Å². The van der Waals surface area contributed by atoms with Crippen molar-refractivity contribution in [3.63, 3.8) is 0 Å². The molecule has 0 spiro atoms. The third-order valence-corrected chi connectivity index (χ3v) is 15.4. The standard InChI is InChI=1S/C64H80N10O9/c1-38(65-9)55(76)71-53(63(3,4)5)61(82)73-36-46(34-49(73)59(80)69-51(40-23-15-11-16-24-40)41-25-17-12-18-26-41)67-57(78)44-31-45(33-48(75)32-44)58(79)68-47-35-50(74(37-47)62(83)54(64(6,7)8)72-56(77)39(2)66-10)60(81)70-52(42-27-19-13-20-28-42)43-29-21-14-22-30-43/h11-33,38-39,46-47,49-54,65-66,75H,34-37H2,1-10H3,(H,67,78)(H,68,79)(H,69,80)(H,70,81)(H,71,76)(H,72,77)/t38-,39-,46-,47-,49-,50-,53+,54+/m0/s1. The van der Waals surface area contributed by atoms with Crippen molar-refractivity contribution >= 4 is 47.3 Å². The zero-order valence-corrected chi connectivity index (χ0v) is 49.0. The van der Waals surface area contributed by atoms with Crippen LogP contribution < -0.4 is 42.5 Å². The van der Waals surface area contributed by atoms with Gasteiger partial charge in [0.15, 0.2) is 0 Å². The molecule has 0 aromatic heterocycles. The van der Waals surface area contributed by atoms with Gasteiger partial charge in [0.1, 0.15) is 29.9 Å². The lowest BCUT2D eigenvalue weighted by Gasteiger charge is -2.36. The average molecular weight is 1130 g/mol. The molecular weight excluding hydrogens is 1050 g/mol. The minimum atomic E-state index is -1.12. The maximum Gasteiger partial charge on any atom is 0.251 e. The molecule has 0 unspecified atom stereocenters. The predicted molar refractivity (Wildman–Crippen MR) is 316 cm³/mol. The van der Waals surface area contributed by atoms with Crippen LogP contribution in [0.3, 0.4) is 0 Å². The van der Waals surface area contributed by atoms with Gasteiger partial charge in [-0.3, -0.25) is 38.4 Å². The lowest BCUT2D eigenvalue weighted by atomic mass is 9.85. The van der Waals surface area contributed by atoms with Crippen LogP contribution in [0.25, 0.3) is 0 Å². The number of hydrogen-bond acceptors (Lipinski definition) is 11. The number of carbonyl (C=O) groups excluding carboxylic acids is 8. The van der Waals surface area contributed by atoms with Gasteiger partial charge in [0.2, 0.25) is 35.4 Å². The van der Waals surface area contributed by atoms with E-state index in [1.54, 1.807) is 27.9 Å². The van der Waals surface area contributed by atoms with E-state index in [2.05, 4.69) is 42.5 Å². The van der Waals surface area contributed by atoms with Crippen molar-refractivity contribution in [2.75, 3.05) is 27.2 Å². The number of nitrogens with zero attached hydrogens (tertiary/aromatic N) is 2. The van der Waals surface area contributed by atoms with Crippen LogP contribution in [0.1, 0.15) is 123 Å². The van der Waals surface area contributed by atoms with Gasteiger partial charge < -0.3 is 57.4 Å². The highest BCUT2D eigenvalue weighted by Crippen LogP contribution is 2.32. The molecule has 2 heterocycles. The number of hydrogen-bond donors (Lipinski definition) is 9. The van der Waals surface area contributed by atoms with Gasteiger partial charge in [0, 0.05) is 36.3 Å². The molecule has 8 amide bonds. The third kappa shape index (κ3) is 15.6. The van der Waals surface area contributed by atoms with E-state index in [9.17, 15) is 43.5 Å². The Balaban J connectivity index is 1.14. The van der Waals surface area contributed by atoms with Crippen LogP contribution in [-0.2, 0) is 28.8 Å². The smallest absolute Gasteiger partial charge is 0.251 e. The molecule has 0 radical (unpaired) electrons. The van der Waals surface area contributed by atoms with Gasteiger partial charge in [-0.25, -0.2) is 0 Å². The van der Waals surface area contributed by atoms with Crippen molar-refractivity contribution in [1.29, 1.82) is 0 Å². The van der Waals surface area contributed by atoms with Gasteiger partial charge in [-0.05, 0) is 92.1 Å². The van der Waals surface area contributed by atoms with Crippen molar-refractivity contribution in [2.24, 2.45) is 10.8 Å². The molecule has 0 bridgehead atoms. The molecule has 0 aliphatic carbocycles. The topological polar surface area (TPSA) is 260 Å². The van der Waals surface area contributed by atoms with Gasteiger partial charge in [-0.1, -0.05) is 163 Å². The first-order valence-corrected chi connectivity index (χ1v) is 28.2. The molecule has 2 saturated heterocycles. The zero-order valence-electron chi connectivity index (χ0n) is 49.0. The first-order chi connectivity index (χ1) is 39.4. The minimum Gasteiger partial charge on any atom is -0.508 e. The van der Waals surface area contributed by atoms with E-state index in [0.717, 1.165) is 22.3 Å². The van der Waals surface area contributed by atoms with E-state index < -0.39 is 124 Å². The van der Waals surface area contributed by atoms with Crippen molar-refractivity contribution in [3.05, 3.63) is 173 Å². The quantitative estimate of drug-likeness (QED) is 0.0508. The monoisotopic (exact) mass is 1130 g/mol. The van der Waals surface area contributed by atoms with E-state index in [4.69, 9.17) is 0 Å². The number of phenolic OH excluding ortho intramolecular Hbond substituents is 1. The SMILES string of the molecule is CN[C@@H](C)C(=O)N[C@H](C(=O)N1C[C@@H](NC(=O)c2cc(O)cc(C(=O)N[C@H]3C[C@@H](C(=O)NC(c4ccccc4)c4ccccc4)N(C(=O)[C@@H](NC(=O)[C@H](C)NC)C(C)(C)C)C3)c2)C[C@H]1C(=O)NC(c1ccccc1)c1ccccc1)C(C)(C)C. The fraction of sp³-hybridized carbons (Fsp3) is 0.406. The second-order valence-electron chi connectivity index (χ2n) is 23.8. The molecule has 2 aliphatic rings. The second-order valence-corrected chi connectivity index (χ2v) is 23.8. The Morgan fingerprint density at radius 1 is 0.470 bits per heavy atom. The van der Waals surface area contributed by atoms with Crippen molar-refractivity contribution in [3.8, 4) is 5.75 Å². The van der Waals surface area contributed by atoms with Crippen LogP contribution in [0.5, 0.6) is 5.75 Å². The molecule has 440 valence electrons. The summed E-state index contributed by atoms with van der Waals surface area (Å²) in [7, 11) is 3.26. The number of likely N-dealkylation sites (N-methyl/N-ethyl adjacent to an activating group) is 2. The summed E-state index contributed by atoms with van der Waals surface area (Å²) in [6.45, 7) is 13.9. The summed E-state index contributed by atoms with van der Waals surface area (Å²) in [6, 6.07) is 32.7. The Bertz CT molecular complexity index is 2820. The third-order valence-electron chi connectivity index (χ3n) is 15.4. The number of amides is 8. The molecule has 2 fully saturated rings. The molecule has 0 saturated carbocycles. The van der Waals surface area contributed by atoms with Gasteiger partial charge >= 0.3 is 0 Å². The maximum absolute atomic E-state index is 14.9. The first-order valence-electron chi connectivity index (χ1n) is 28.2. The van der Waals surface area contributed by atoms with E-state index in [0.29, 0.717) is 0 Å². The molecule has 2 aliphatic heterocycles. The number of benzene rings is 5. The first kappa shape index (κ1) is 62.2. The number of phenols is 1. The van der Waals surface area contributed by atoms with Crippen LogP contribution in [0.2, 0.25) is 0 Å². The Morgan fingerprint density at radius 3 is 1.05 bits per heavy atom. The molecule has 8 atom stereocenters. The summed E-state index contributed by atoms with van der Waals surface area (Å²) < 4.78 is 0. The Kier molecular flexibility index (Phi) is 20.3. The average Bonchev–Trinajstić information content (AvgIpc) is 3.83. The normalized spacial score (nSPS) is 18.6. The molecule has 19 nitrogen and oxygen atoms in total. The summed E-state index contributed by atoms with van der Waals surface area (Å²) in [6.07, 6.45) is -0.0539. The van der Waals surface area contributed by atoms with Crippen molar-refractivity contribution in [1.82, 2.24) is 52.3 Å². The highest BCUT2D eigenvalue weighted by Gasteiger charge is 2.48. The molecule has 19 heteroatoms. The van der Waals surface area contributed by atoms with Crippen molar-refractivity contribution in [2.45, 2.75) is 129 Å². The Hall–Kier alpha value is -8.42. The predicted octanol–water partition coefficient (Wildman–Crippen LogP) is 4.88. The fourth-order valence-corrected chi connectivity index (χ4v) is 10.5. The fourth-order valence-electron chi connectivity index (χ4n) is 10.5. The molecule has 5 aromatic carbocycles. The lowest BCUT2D eigenvalue weighted by molar-refractivity contribution is -0.144.